The minimum absolute atomic E-state index is 0.322. The van der Waals surface area contributed by atoms with E-state index in [0.29, 0.717) is 28.1 Å². The van der Waals surface area contributed by atoms with Gasteiger partial charge in [-0.3, -0.25) is 0 Å². The molecule has 4 heteroatoms. The molecule has 1 rings (SSSR count). The first-order chi connectivity index (χ1) is 6.69. The highest BCUT2D eigenvalue weighted by Crippen LogP contribution is 2.35. The fourth-order valence-electron chi connectivity index (χ4n) is 0.863. The highest BCUT2D eigenvalue weighted by atomic mass is 35.5. The number of halogens is 2. The van der Waals surface area contributed by atoms with Gasteiger partial charge in [-0.2, -0.15) is 0 Å². The van der Waals surface area contributed by atoms with Gasteiger partial charge in [-0.1, -0.05) is 35.9 Å². The quantitative estimate of drug-likeness (QED) is 0.560. The highest BCUT2D eigenvalue weighted by molar-refractivity contribution is 6.36. The maximum Gasteiger partial charge on any atom is 0.207 e. The van der Waals surface area contributed by atoms with Gasteiger partial charge in [0.05, 0.1) is 16.6 Å². The molecule has 14 heavy (non-hydrogen) atoms. The molecule has 0 N–H and O–H groups in total. The first-order valence-corrected chi connectivity index (χ1v) is 4.55. The summed E-state index contributed by atoms with van der Waals surface area (Å²) >= 11 is 11.7. The second kappa shape index (κ2) is 4.90. The number of hydrogen-bond donors (Lipinski definition) is 0. The summed E-state index contributed by atoms with van der Waals surface area (Å²) in [7, 11) is 0. The normalized spacial score (nSPS) is 9.21. The van der Waals surface area contributed by atoms with Gasteiger partial charge in [-0.05, 0) is 12.1 Å². The van der Waals surface area contributed by atoms with Crippen molar-refractivity contribution in [2.75, 3.05) is 6.61 Å². The van der Waals surface area contributed by atoms with E-state index in [2.05, 4.69) is 11.4 Å². The number of nitrogens with zero attached hydrogens (tertiary/aromatic N) is 1. The van der Waals surface area contributed by atoms with E-state index in [1.54, 1.807) is 6.08 Å². The Kier molecular flexibility index (Phi) is 3.82. The number of hydrogen-bond acceptors (Lipinski definition) is 1. The van der Waals surface area contributed by atoms with Crippen molar-refractivity contribution in [1.82, 2.24) is 0 Å². The lowest BCUT2D eigenvalue weighted by Crippen LogP contribution is -1.93. The molecule has 0 aliphatic carbocycles. The van der Waals surface area contributed by atoms with Gasteiger partial charge in [-0.15, -0.1) is 0 Å². The molecule has 72 valence electrons. The molecule has 0 heterocycles. The van der Waals surface area contributed by atoms with Crippen LogP contribution in [0.15, 0.2) is 24.8 Å². The molecule has 0 aliphatic heterocycles. The number of ether oxygens (including phenoxy) is 1. The van der Waals surface area contributed by atoms with E-state index in [1.807, 2.05) is 0 Å². The molecule has 0 fully saturated rings. The van der Waals surface area contributed by atoms with Crippen molar-refractivity contribution in [2.24, 2.45) is 0 Å². The van der Waals surface area contributed by atoms with Crippen molar-refractivity contribution < 1.29 is 4.74 Å². The van der Waals surface area contributed by atoms with Crippen LogP contribution >= 0.6 is 23.2 Å². The summed E-state index contributed by atoms with van der Waals surface area (Å²) in [6.45, 7) is 10.7. The van der Waals surface area contributed by atoms with Crippen molar-refractivity contribution in [3.8, 4) is 5.75 Å². The van der Waals surface area contributed by atoms with Crippen LogP contribution < -0.4 is 4.74 Å². The summed E-state index contributed by atoms with van der Waals surface area (Å²) in [5.74, 6) is 0.462. The third-order valence-corrected chi connectivity index (χ3v) is 2.08. The zero-order valence-electron chi connectivity index (χ0n) is 7.26. The van der Waals surface area contributed by atoms with Crippen molar-refractivity contribution in [2.45, 2.75) is 0 Å². The second-order valence-corrected chi connectivity index (χ2v) is 3.26. The van der Waals surface area contributed by atoms with Crippen LogP contribution in [0.1, 0.15) is 0 Å². The topological polar surface area (TPSA) is 13.6 Å². The van der Waals surface area contributed by atoms with Gasteiger partial charge in [0.15, 0.2) is 0 Å². The minimum atomic E-state index is 0.322. The van der Waals surface area contributed by atoms with Crippen LogP contribution in [-0.4, -0.2) is 6.61 Å². The van der Waals surface area contributed by atoms with Crippen LogP contribution in [0.2, 0.25) is 10.0 Å². The standard InChI is InChI=1S/C10H7Cl2NO/c1-3-4-14-10-6-7(11)9(13-2)5-8(10)12/h3,5-6H,1,4H2. The van der Waals surface area contributed by atoms with Crippen LogP contribution in [0.5, 0.6) is 5.75 Å². The Morgan fingerprint density at radius 3 is 2.71 bits per heavy atom. The van der Waals surface area contributed by atoms with Crippen molar-refractivity contribution in [1.29, 1.82) is 0 Å². The Hall–Kier alpha value is -1.17. The molecule has 0 aromatic heterocycles. The van der Waals surface area contributed by atoms with Gasteiger partial charge < -0.3 is 4.74 Å². The Morgan fingerprint density at radius 1 is 1.43 bits per heavy atom. The zero-order valence-corrected chi connectivity index (χ0v) is 8.77. The van der Waals surface area contributed by atoms with Crippen molar-refractivity contribution in [3.05, 3.63) is 46.3 Å². The first-order valence-electron chi connectivity index (χ1n) is 3.79. The molecule has 0 saturated carbocycles. The number of benzene rings is 1. The van der Waals surface area contributed by atoms with E-state index < -0.39 is 0 Å². The molecular weight excluding hydrogens is 221 g/mol. The first kappa shape index (κ1) is 10.9. The van der Waals surface area contributed by atoms with Gasteiger partial charge in [0, 0.05) is 0 Å². The van der Waals surface area contributed by atoms with Crippen LogP contribution in [0.3, 0.4) is 0 Å². The lowest BCUT2D eigenvalue weighted by atomic mass is 10.3. The molecule has 0 saturated heterocycles. The van der Waals surface area contributed by atoms with Gasteiger partial charge in [0.2, 0.25) is 5.69 Å². The summed E-state index contributed by atoms with van der Waals surface area (Å²) in [5, 5.41) is 0.714. The van der Waals surface area contributed by atoms with Crippen LogP contribution in [-0.2, 0) is 0 Å². The smallest absolute Gasteiger partial charge is 0.207 e. The van der Waals surface area contributed by atoms with E-state index in [-0.39, 0.29) is 0 Å². The highest BCUT2D eigenvalue weighted by Gasteiger charge is 2.07. The second-order valence-electron chi connectivity index (χ2n) is 2.45. The van der Waals surface area contributed by atoms with E-state index in [4.69, 9.17) is 34.5 Å². The Morgan fingerprint density at radius 2 is 2.14 bits per heavy atom. The van der Waals surface area contributed by atoms with Crippen LogP contribution in [0, 0.1) is 6.57 Å². The lowest BCUT2D eigenvalue weighted by molar-refractivity contribution is 0.363. The summed E-state index contributed by atoms with van der Waals surface area (Å²) in [5.41, 5.74) is 0.322. The zero-order chi connectivity index (χ0) is 10.6. The molecule has 0 unspecified atom stereocenters. The molecule has 0 spiro atoms. The summed E-state index contributed by atoms with van der Waals surface area (Å²) < 4.78 is 5.23. The van der Waals surface area contributed by atoms with E-state index in [9.17, 15) is 0 Å². The maximum atomic E-state index is 6.81. The van der Waals surface area contributed by atoms with Gasteiger partial charge >= 0.3 is 0 Å². The van der Waals surface area contributed by atoms with Crippen molar-refractivity contribution >= 4 is 28.9 Å². The molecule has 1 aromatic carbocycles. The monoisotopic (exact) mass is 227 g/mol. The Bertz CT molecular complexity index is 396. The summed E-state index contributed by atoms with van der Waals surface area (Å²) in [4.78, 5) is 3.21. The molecule has 2 nitrogen and oxygen atoms in total. The fourth-order valence-corrected chi connectivity index (χ4v) is 1.27. The average Bonchev–Trinajstić information content (AvgIpc) is 2.18. The molecular formula is C10H7Cl2NO. The van der Waals surface area contributed by atoms with E-state index in [0.717, 1.165) is 0 Å². The largest absolute Gasteiger partial charge is 0.488 e. The lowest BCUT2D eigenvalue weighted by Gasteiger charge is -2.06. The molecule has 0 bridgehead atoms. The van der Waals surface area contributed by atoms with Crippen LogP contribution in [0.25, 0.3) is 4.85 Å². The van der Waals surface area contributed by atoms with E-state index >= 15 is 0 Å². The molecule has 0 amide bonds. The van der Waals surface area contributed by atoms with Crippen molar-refractivity contribution in [3.63, 3.8) is 0 Å². The minimum Gasteiger partial charge on any atom is -0.488 e. The fraction of sp³-hybridized carbons (Fsp3) is 0.100. The molecule has 0 radical (unpaired) electrons. The van der Waals surface area contributed by atoms with Gasteiger partial charge in [0.25, 0.3) is 0 Å². The third-order valence-electron chi connectivity index (χ3n) is 1.48. The Labute approximate surface area is 92.5 Å². The maximum absolute atomic E-state index is 6.81. The van der Waals surface area contributed by atoms with Gasteiger partial charge in [0.1, 0.15) is 12.4 Å². The molecule has 0 aliphatic rings. The predicted molar refractivity (Wildman–Crippen MR) is 58.4 cm³/mol. The molecule has 1 aromatic rings. The predicted octanol–water partition coefficient (Wildman–Crippen LogP) is 4.11. The molecule has 0 atom stereocenters. The van der Waals surface area contributed by atoms with Gasteiger partial charge in [-0.25, -0.2) is 4.85 Å². The third kappa shape index (κ3) is 2.41. The summed E-state index contributed by atoms with van der Waals surface area (Å²) in [6, 6.07) is 3.01. The summed E-state index contributed by atoms with van der Waals surface area (Å²) in [6.07, 6.45) is 1.60. The SMILES string of the molecule is [C-]#[N+]c1cc(Cl)c(OCC=C)cc1Cl. The number of rotatable bonds is 3. The van der Waals surface area contributed by atoms with Crippen LogP contribution in [0.4, 0.5) is 5.69 Å². The van der Waals surface area contributed by atoms with E-state index in [1.165, 1.54) is 12.1 Å². The average molecular weight is 228 g/mol. The Balaban J connectivity index is 3.03.